The third-order valence-corrected chi connectivity index (χ3v) is 5.60. The van der Waals surface area contributed by atoms with Crippen molar-refractivity contribution in [2.45, 2.75) is 25.8 Å². The molecule has 1 aliphatic carbocycles. The van der Waals surface area contributed by atoms with Crippen molar-refractivity contribution in [1.82, 2.24) is 24.7 Å². The maximum absolute atomic E-state index is 14.4. The molecule has 1 aliphatic heterocycles. The van der Waals surface area contributed by atoms with Crippen LogP contribution in [0.1, 0.15) is 24.6 Å². The summed E-state index contributed by atoms with van der Waals surface area (Å²) in [6, 6.07) is 8.02. The van der Waals surface area contributed by atoms with Crippen LogP contribution in [0.2, 0.25) is 0 Å². The zero-order chi connectivity index (χ0) is 22.8. The van der Waals surface area contributed by atoms with Gasteiger partial charge in [0.2, 0.25) is 0 Å². The lowest BCUT2D eigenvalue weighted by Gasteiger charge is -2.28. The molecule has 9 heteroatoms. The summed E-state index contributed by atoms with van der Waals surface area (Å²) in [7, 11) is 0. The molecule has 4 aromatic rings. The van der Waals surface area contributed by atoms with Gasteiger partial charge in [-0.25, -0.2) is 18.7 Å². The Morgan fingerprint density at radius 2 is 1.88 bits per heavy atom. The lowest BCUT2D eigenvalue weighted by atomic mass is 10.1. The van der Waals surface area contributed by atoms with Gasteiger partial charge in [-0.05, 0) is 38.0 Å². The fourth-order valence-electron chi connectivity index (χ4n) is 3.76. The van der Waals surface area contributed by atoms with E-state index >= 15 is 0 Å². The van der Waals surface area contributed by atoms with E-state index in [1.807, 2.05) is 36.1 Å². The van der Waals surface area contributed by atoms with Gasteiger partial charge in [-0.1, -0.05) is 0 Å². The van der Waals surface area contributed by atoms with Gasteiger partial charge in [0.05, 0.1) is 30.5 Å². The highest BCUT2D eigenvalue weighted by molar-refractivity contribution is 5.91. The quantitative estimate of drug-likeness (QED) is 0.463. The van der Waals surface area contributed by atoms with Crippen LogP contribution in [0.3, 0.4) is 0 Å². The first kappa shape index (κ1) is 21.4. The number of halogens is 2. The first-order valence-electron chi connectivity index (χ1n) is 11.0. The average molecular weight is 450 g/mol. The van der Waals surface area contributed by atoms with Gasteiger partial charge >= 0.3 is 0 Å². The van der Waals surface area contributed by atoms with Crippen LogP contribution in [-0.4, -0.2) is 51.0 Å². The number of hydrogen-bond donors (Lipinski definition) is 0. The first-order chi connectivity index (χ1) is 16.1. The predicted octanol–water partition coefficient (Wildman–Crippen LogP) is 4.33. The number of aromatic nitrogens is 5. The average Bonchev–Trinajstić information content (AvgIpc) is 3.53. The Morgan fingerprint density at radius 3 is 2.58 bits per heavy atom. The Kier molecular flexibility index (Phi) is 5.95. The number of pyridine rings is 1. The van der Waals surface area contributed by atoms with Crippen LogP contribution in [0.25, 0.3) is 22.3 Å². The van der Waals surface area contributed by atoms with Crippen molar-refractivity contribution in [1.29, 1.82) is 0 Å². The van der Waals surface area contributed by atoms with Crippen LogP contribution < -0.4 is 4.90 Å². The lowest BCUT2D eigenvalue weighted by Crippen LogP contribution is -2.36. The Labute approximate surface area is 190 Å². The molecule has 3 aromatic heterocycles. The predicted molar refractivity (Wildman–Crippen MR) is 121 cm³/mol. The van der Waals surface area contributed by atoms with E-state index in [0.717, 1.165) is 17.8 Å². The van der Waals surface area contributed by atoms with E-state index in [0.29, 0.717) is 48.8 Å². The van der Waals surface area contributed by atoms with Crippen molar-refractivity contribution in [3.63, 3.8) is 0 Å². The van der Waals surface area contributed by atoms with Crippen LogP contribution >= 0.6 is 0 Å². The van der Waals surface area contributed by atoms with E-state index in [2.05, 4.69) is 25.0 Å². The number of morpholine rings is 1. The van der Waals surface area contributed by atoms with Crippen molar-refractivity contribution in [2.24, 2.45) is 0 Å². The standard InChI is InChI=1S/C18H16F2N4O.C6H8N2/c1-11-10-21-18-15(22-11)9-16(24-4-6-25-7-5-24)23-17(18)13-3-2-12(19)8-14(13)20;1-4-7-8(5-1)6-2-3-6/h2-3,8-10H,4-7H2,1H3;1,4-6H,2-3H2. The third-order valence-electron chi connectivity index (χ3n) is 5.60. The molecule has 6 rings (SSSR count). The van der Waals surface area contributed by atoms with Crippen LogP contribution in [0.5, 0.6) is 0 Å². The molecule has 7 nitrogen and oxygen atoms in total. The molecule has 0 radical (unpaired) electrons. The molecular weight excluding hydrogens is 426 g/mol. The minimum absolute atomic E-state index is 0.208. The summed E-state index contributed by atoms with van der Waals surface area (Å²) in [6.07, 6.45) is 8.11. The smallest absolute Gasteiger partial charge is 0.135 e. The normalized spacial score (nSPS) is 15.9. The Hall–Kier alpha value is -3.46. The number of hydrogen-bond acceptors (Lipinski definition) is 6. The molecule has 0 N–H and O–H groups in total. The van der Waals surface area contributed by atoms with Crippen LogP contribution in [0.15, 0.2) is 48.9 Å². The second-order valence-electron chi connectivity index (χ2n) is 8.15. The summed E-state index contributed by atoms with van der Waals surface area (Å²) in [5.41, 5.74) is 2.46. The van der Waals surface area contributed by atoms with E-state index in [-0.39, 0.29) is 5.56 Å². The second-order valence-corrected chi connectivity index (χ2v) is 8.15. The molecule has 0 unspecified atom stereocenters. The zero-order valence-corrected chi connectivity index (χ0v) is 18.3. The highest BCUT2D eigenvalue weighted by Crippen LogP contribution is 2.33. The van der Waals surface area contributed by atoms with E-state index in [4.69, 9.17) is 4.74 Å². The molecule has 170 valence electrons. The Balaban J connectivity index is 0.000000238. The summed E-state index contributed by atoms with van der Waals surface area (Å²) < 4.78 is 35.0. The van der Waals surface area contributed by atoms with Crippen molar-refractivity contribution in [2.75, 3.05) is 31.2 Å². The van der Waals surface area contributed by atoms with Gasteiger partial charge in [0.15, 0.2) is 0 Å². The number of anilines is 1. The lowest BCUT2D eigenvalue weighted by molar-refractivity contribution is 0.122. The second kappa shape index (κ2) is 9.19. The van der Waals surface area contributed by atoms with Crippen molar-refractivity contribution in [3.05, 3.63) is 66.3 Å². The molecule has 0 bridgehead atoms. The molecule has 33 heavy (non-hydrogen) atoms. The van der Waals surface area contributed by atoms with Gasteiger partial charge in [0, 0.05) is 49.4 Å². The van der Waals surface area contributed by atoms with Crippen LogP contribution in [0.4, 0.5) is 14.6 Å². The first-order valence-corrected chi connectivity index (χ1v) is 11.0. The number of aryl methyl sites for hydroxylation is 1. The molecular formula is C24H24F2N6O. The number of fused-ring (bicyclic) bond motifs is 1. The van der Waals surface area contributed by atoms with E-state index in [9.17, 15) is 8.78 Å². The molecule has 2 aliphatic rings. The molecule has 4 heterocycles. The number of rotatable bonds is 3. The maximum atomic E-state index is 14.4. The van der Waals surface area contributed by atoms with Crippen LogP contribution in [-0.2, 0) is 4.74 Å². The molecule has 2 fully saturated rings. The SMILES string of the molecule is Cc1cnc2c(-c3ccc(F)cc3F)nc(N3CCOCC3)cc2n1.c1cnn(C2CC2)c1. The van der Waals surface area contributed by atoms with E-state index < -0.39 is 11.6 Å². The summed E-state index contributed by atoms with van der Waals surface area (Å²) >= 11 is 0. The Bertz CT molecular complexity index is 1250. The zero-order valence-electron chi connectivity index (χ0n) is 18.3. The van der Waals surface area contributed by atoms with Crippen molar-refractivity contribution >= 4 is 16.9 Å². The van der Waals surface area contributed by atoms with E-state index in [1.54, 1.807) is 6.20 Å². The largest absolute Gasteiger partial charge is 0.378 e. The number of nitrogens with zero attached hydrogens (tertiary/aromatic N) is 6. The van der Waals surface area contributed by atoms with Gasteiger partial charge in [-0.15, -0.1) is 0 Å². The third kappa shape index (κ3) is 4.83. The highest BCUT2D eigenvalue weighted by atomic mass is 19.1. The fraction of sp³-hybridized carbons (Fsp3) is 0.333. The van der Waals surface area contributed by atoms with Crippen LogP contribution in [0, 0.1) is 18.6 Å². The summed E-state index contributed by atoms with van der Waals surface area (Å²) in [4.78, 5) is 15.6. The molecule has 0 spiro atoms. The van der Waals surface area contributed by atoms with Gasteiger partial charge in [0.1, 0.15) is 28.7 Å². The topological polar surface area (TPSA) is 69.0 Å². The summed E-state index contributed by atoms with van der Waals surface area (Å²) in [5.74, 6) is -0.610. The molecule has 1 aromatic carbocycles. The monoisotopic (exact) mass is 450 g/mol. The van der Waals surface area contributed by atoms with Gasteiger partial charge in [0.25, 0.3) is 0 Å². The van der Waals surface area contributed by atoms with E-state index in [1.165, 1.54) is 25.0 Å². The van der Waals surface area contributed by atoms with Crippen molar-refractivity contribution < 1.29 is 13.5 Å². The van der Waals surface area contributed by atoms with Gasteiger partial charge in [-0.2, -0.15) is 5.10 Å². The highest BCUT2D eigenvalue weighted by Gasteiger charge is 2.23. The summed E-state index contributed by atoms with van der Waals surface area (Å²) in [5, 5.41) is 4.09. The number of ether oxygens (including phenoxy) is 1. The number of benzene rings is 1. The summed E-state index contributed by atoms with van der Waals surface area (Å²) in [6.45, 7) is 4.46. The fourth-order valence-corrected chi connectivity index (χ4v) is 3.76. The minimum Gasteiger partial charge on any atom is -0.378 e. The molecule has 1 saturated carbocycles. The maximum Gasteiger partial charge on any atom is 0.135 e. The molecule has 1 saturated heterocycles. The molecule has 0 amide bonds. The van der Waals surface area contributed by atoms with Gasteiger partial charge < -0.3 is 9.64 Å². The minimum atomic E-state index is -0.671. The molecule has 0 atom stereocenters. The Morgan fingerprint density at radius 1 is 1.06 bits per heavy atom. The van der Waals surface area contributed by atoms with Crippen molar-refractivity contribution in [3.8, 4) is 11.3 Å². The van der Waals surface area contributed by atoms with Gasteiger partial charge in [-0.3, -0.25) is 9.67 Å².